The topological polar surface area (TPSA) is 41.3 Å². The molecule has 0 unspecified atom stereocenters. The Bertz CT molecular complexity index is 642. The maximum absolute atomic E-state index is 13.2. The van der Waals surface area contributed by atoms with Crippen LogP contribution in [0.25, 0.3) is 0 Å². The lowest BCUT2D eigenvalue weighted by molar-refractivity contribution is -0.138. The van der Waals surface area contributed by atoms with Gasteiger partial charge in [0.15, 0.2) is 0 Å². The van der Waals surface area contributed by atoms with Crippen molar-refractivity contribution >= 4 is 0 Å². The molecule has 0 spiro atoms. The minimum atomic E-state index is -4.39. The zero-order valence-corrected chi connectivity index (χ0v) is 12.4. The number of nitrogens with zero attached hydrogens (tertiary/aromatic N) is 3. The lowest BCUT2D eigenvalue weighted by atomic mass is 9.97. The highest BCUT2D eigenvalue weighted by Gasteiger charge is 2.39. The molecule has 2 atom stereocenters. The second-order valence-electron chi connectivity index (χ2n) is 5.79. The number of halogens is 3. The van der Waals surface area contributed by atoms with Crippen molar-refractivity contribution < 1.29 is 18.3 Å². The number of hydrogen-bond acceptors (Lipinski definition) is 3. The Morgan fingerprint density at radius 3 is 2.70 bits per heavy atom. The van der Waals surface area contributed by atoms with Crippen LogP contribution in [0.5, 0.6) is 0 Å². The molecule has 1 N–H and O–H groups in total. The van der Waals surface area contributed by atoms with E-state index >= 15 is 0 Å². The van der Waals surface area contributed by atoms with E-state index in [1.54, 1.807) is 18.6 Å². The van der Waals surface area contributed by atoms with E-state index in [1.807, 2.05) is 15.7 Å². The van der Waals surface area contributed by atoms with Crippen molar-refractivity contribution in [1.29, 1.82) is 0 Å². The second-order valence-corrected chi connectivity index (χ2v) is 5.79. The fourth-order valence-electron chi connectivity index (χ4n) is 3.16. The highest BCUT2D eigenvalue weighted by molar-refractivity contribution is 5.33. The van der Waals surface area contributed by atoms with E-state index in [9.17, 15) is 18.3 Å². The number of imidazole rings is 1. The van der Waals surface area contributed by atoms with Gasteiger partial charge in [0.05, 0.1) is 18.0 Å². The molecule has 7 heteroatoms. The van der Waals surface area contributed by atoms with Gasteiger partial charge >= 0.3 is 6.18 Å². The summed E-state index contributed by atoms with van der Waals surface area (Å²) in [5.74, 6) is 0. The van der Waals surface area contributed by atoms with Crippen molar-refractivity contribution in [3.8, 4) is 0 Å². The molecule has 0 amide bonds. The molecule has 1 aromatic heterocycles. The van der Waals surface area contributed by atoms with Crippen LogP contribution in [0.1, 0.15) is 23.6 Å². The molecule has 1 fully saturated rings. The van der Waals surface area contributed by atoms with E-state index < -0.39 is 23.9 Å². The predicted molar refractivity (Wildman–Crippen MR) is 78.6 cm³/mol. The third kappa shape index (κ3) is 3.56. The number of likely N-dealkylation sites (tertiary alicyclic amines) is 1. The van der Waals surface area contributed by atoms with Gasteiger partial charge in [0.25, 0.3) is 0 Å². The molecule has 1 aliphatic rings. The summed E-state index contributed by atoms with van der Waals surface area (Å²) in [6, 6.07) is 5.20. The van der Waals surface area contributed by atoms with E-state index in [-0.39, 0.29) is 5.56 Å². The average molecular weight is 325 g/mol. The monoisotopic (exact) mass is 325 g/mol. The fourth-order valence-corrected chi connectivity index (χ4v) is 3.16. The van der Waals surface area contributed by atoms with Crippen LogP contribution in [0.2, 0.25) is 0 Å². The lowest BCUT2D eigenvalue weighted by Crippen LogP contribution is -2.29. The van der Waals surface area contributed by atoms with Gasteiger partial charge in [-0.25, -0.2) is 4.98 Å². The number of aliphatic hydroxyl groups excluding tert-OH is 1. The fraction of sp³-hybridized carbons (Fsp3) is 0.438. The maximum atomic E-state index is 13.2. The Kier molecular flexibility index (Phi) is 4.41. The van der Waals surface area contributed by atoms with Crippen LogP contribution in [0.15, 0.2) is 43.0 Å². The van der Waals surface area contributed by atoms with Crippen molar-refractivity contribution in [3.63, 3.8) is 0 Å². The molecular formula is C16H18F3N3O. The first-order valence-electron chi connectivity index (χ1n) is 7.49. The van der Waals surface area contributed by atoms with Gasteiger partial charge in [0.2, 0.25) is 0 Å². The van der Waals surface area contributed by atoms with Crippen LogP contribution >= 0.6 is 0 Å². The summed E-state index contributed by atoms with van der Waals surface area (Å²) >= 11 is 0. The summed E-state index contributed by atoms with van der Waals surface area (Å²) < 4.78 is 41.6. The number of benzene rings is 1. The van der Waals surface area contributed by atoms with E-state index in [4.69, 9.17) is 0 Å². The first kappa shape index (κ1) is 16.0. The third-order valence-corrected chi connectivity index (χ3v) is 4.21. The summed E-state index contributed by atoms with van der Waals surface area (Å²) in [6.07, 6.45) is 0.465. The van der Waals surface area contributed by atoms with Gasteiger partial charge in [-0.2, -0.15) is 13.2 Å². The summed E-state index contributed by atoms with van der Waals surface area (Å²) in [6.45, 7) is 1.56. The van der Waals surface area contributed by atoms with Crippen molar-refractivity contribution in [3.05, 3.63) is 54.1 Å². The maximum Gasteiger partial charge on any atom is 0.416 e. The summed E-state index contributed by atoms with van der Waals surface area (Å²) in [5, 5.41) is 9.94. The standard InChI is InChI=1S/C16H18F3N3O/c17-16(18,19)14-4-2-1-3-13(14)15-9-12(23)10-22(15)8-7-21-6-5-20-11-21/h1-6,11-12,15,23H,7-10H2/t12-,15-/m1/s1. The third-order valence-electron chi connectivity index (χ3n) is 4.21. The first-order valence-corrected chi connectivity index (χ1v) is 7.49. The van der Waals surface area contributed by atoms with Crippen LogP contribution in [-0.2, 0) is 12.7 Å². The largest absolute Gasteiger partial charge is 0.416 e. The minimum absolute atomic E-state index is 0.238. The van der Waals surface area contributed by atoms with Gasteiger partial charge in [-0.3, -0.25) is 4.90 Å². The molecule has 1 saturated heterocycles. The van der Waals surface area contributed by atoms with Gasteiger partial charge in [0.1, 0.15) is 0 Å². The van der Waals surface area contributed by atoms with Crippen molar-refractivity contribution in [2.24, 2.45) is 0 Å². The SMILES string of the molecule is O[C@@H]1C[C@H](c2ccccc2C(F)(F)F)N(CCn2ccnc2)C1. The number of aliphatic hydroxyl groups is 1. The number of rotatable bonds is 4. The Hall–Kier alpha value is -1.86. The number of hydrogen-bond donors (Lipinski definition) is 1. The van der Waals surface area contributed by atoms with E-state index in [1.165, 1.54) is 12.1 Å². The molecule has 1 aliphatic heterocycles. The zero-order chi connectivity index (χ0) is 16.4. The minimum Gasteiger partial charge on any atom is -0.392 e. The van der Waals surface area contributed by atoms with Crippen LogP contribution in [-0.4, -0.2) is 38.8 Å². The first-order chi connectivity index (χ1) is 10.9. The average Bonchev–Trinajstić information content (AvgIpc) is 3.13. The highest BCUT2D eigenvalue weighted by Crippen LogP contribution is 2.40. The molecule has 0 bridgehead atoms. The van der Waals surface area contributed by atoms with Gasteiger partial charge in [0, 0.05) is 38.1 Å². The van der Waals surface area contributed by atoms with Crippen LogP contribution < -0.4 is 0 Å². The molecular weight excluding hydrogens is 307 g/mol. The van der Waals surface area contributed by atoms with Crippen LogP contribution in [0.4, 0.5) is 13.2 Å². The zero-order valence-electron chi connectivity index (χ0n) is 12.4. The number of alkyl halides is 3. The highest BCUT2D eigenvalue weighted by atomic mass is 19.4. The summed E-state index contributed by atoms with van der Waals surface area (Å²) in [5.41, 5.74) is -0.381. The van der Waals surface area contributed by atoms with Crippen LogP contribution in [0, 0.1) is 0 Å². The van der Waals surface area contributed by atoms with Crippen molar-refractivity contribution in [1.82, 2.24) is 14.5 Å². The molecule has 124 valence electrons. The van der Waals surface area contributed by atoms with Gasteiger partial charge in [-0.05, 0) is 18.1 Å². The van der Waals surface area contributed by atoms with Crippen molar-refractivity contribution in [2.75, 3.05) is 13.1 Å². The molecule has 3 rings (SSSR count). The Labute approximate surface area is 132 Å². The van der Waals surface area contributed by atoms with Gasteiger partial charge in [-0.1, -0.05) is 18.2 Å². The van der Waals surface area contributed by atoms with Crippen molar-refractivity contribution in [2.45, 2.75) is 31.3 Å². The molecule has 4 nitrogen and oxygen atoms in total. The Morgan fingerprint density at radius 1 is 1.22 bits per heavy atom. The molecule has 0 radical (unpaired) electrons. The Morgan fingerprint density at radius 2 is 2.00 bits per heavy atom. The molecule has 1 aromatic carbocycles. The number of aromatic nitrogens is 2. The number of β-amino-alcohol motifs (C(OH)–C–C–N with tert-alkyl or cyclic N) is 1. The second kappa shape index (κ2) is 6.33. The van der Waals surface area contributed by atoms with E-state index in [0.717, 1.165) is 6.07 Å². The van der Waals surface area contributed by atoms with Crippen LogP contribution in [0.3, 0.4) is 0 Å². The molecule has 0 aliphatic carbocycles. The summed E-state index contributed by atoms with van der Waals surface area (Å²) in [7, 11) is 0. The normalized spacial score (nSPS) is 22.6. The molecule has 23 heavy (non-hydrogen) atoms. The molecule has 2 aromatic rings. The predicted octanol–water partition coefficient (Wildman–Crippen LogP) is 2.71. The smallest absolute Gasteiger partial charge is 0.392 e. The molecule has 0 saturated carbocycles. The van der Waals surface area contributed by atoms with E-state index in [0.29, 0.717) is 26.1 Å². The Balaban J connectivity index is 1.82. The quantitative estimate of drug-likeness (QED) is 0.940. The van der Waals surface area contributed by atoms with Gasteiger partial charge < -0.3 is 9.67 Å². The van der Waals surface area contributed by atoms with E-state index in [2.05, 4.69) is 4.98 Å². The lowest BCUT2D eigenvalue weighted by Gasteiger charge is -2.27. The molecule has 2 heterocycles. The van der Waals surface area contributed by atoms with Gasteiger partial charge in [-0.15, -0.1) is 0 Å². The summed E-state index contributed by atoms with van der Waals surface area (Å²) in [4.78, 5) is 5.86.